The first-order valence-corrected chi connectivity index (χ1v) is 9.61. The lowest BCUT2D eigenvalue weighted by Gasteiger charge is -2.26. The summed E-state index contributed by atoms with van der Waals surface area (Å²) in [4.78, 5) is 26.8. The zero-order valence-electron chi connectivity index (χ0n) is 16.0. The normalized spacial score (nSPS) is 14.6. The molecule has 1 saturated carbocycles. The van der Waals surface area contributed by atoms with Crippen LogP contribution in [-0.4, -0.2) is 35.3 Å². The van der Waals surface area contributed by atoms with Crippen LogP contribution in [0.4, 0.5) is 4.39 Å². The number of nitrogens with zero attached hydrogens (tertiary/aromatic N) is 1. The molecule has 0 spiro atoms. The first-order chi connectivity index (χ1) is 13.5. The maximum atomic E-state index is 13.4. The number of benzene rings is 2. The Morgan fingerprint density at radius 2 is 1.93 bits per heavy atom. The van der Waals surface area contributed by atoms with Gasteiger partial charge < -0.3 is 10.2 Å². The van der Waals surface area contributed by atoms with Gasteiger partial charge in [-0.15, -0.1) is 0 Å². The van der Waals surface area contributed by atoms with Crippen molar-refractivity contribution in [1.82, 2.24) is 10.2 Å². The number of hydrogen-bond acceptors (Lipinski definition) is 2. The molecule has 0 aromatic heterocycles. The predicted octanol–water partition coefficient (Wildman–Crippen LogP) is 3.58. The average Bonchev–Trinajstić information content (AvgIpc) is 3.52. The zero-order chi connectivity index (χ0) is 19.9. The van der Waals surface area contributed by atoms with Crippen molar-refractivity contribution in [3.8, 4) is 0 Å². The van der Waals surface area contributed by atoms with Crippen molar-refractivity contribution >= 4 is 17.9 Å². The van der Waals surface area contributed by atoms with Gasteiger partial charge in [-0.2, -0.15) is 0 Å². The van der Waals surface area contributed by atoms with Gasteiger partial charge in [-0.3, -0.25) is 9.59 Å². The average molecular weight is 380 g/mol. The standard InChI is InChI=1S/C23H25FN2O2/c1-17(25-22(27)13-10-18-6-3-2-4-7-18)23(28)26(21-11-12-21)15-14-19-8-5-9-20(24)16-19/h2-10,13,16-17,21H,11-12,14-15H2,1H3,(H,25,27)/b13-10+. The third kappa shape index (κ3) is 5.78. The van der Waals surface area contributed by atoms with E-state index in [0.29, 0.717) is 13.0 Å². The first-order valence-electron chi connectivity index (χ1n) is 9.61. The first kappa shape index (κ1) is 19.8. The molecule has 1 N–H and O–H groups in total. The smallest absolute Gasteiger partial charge is 0.245 e. The summed E-state index contributed by atoms with van der Waals surface area (Å²) in [6, 6.07) is 15.6. The highest BCUT2D eigenvalue weighted by Gasteiger charge is 2.34. The van der Waals surface area contributed by atoms with E-state index < -0.39 is 6.04 Å². The highest BCUT2D eigenvalue weighted by Crippen LogP contribution is 2.27. The van der Waals surface area contributed by atoms with Crippen LogP contribution in [0.15, 0.2) is 60.7 Å². The Morgan fingerprint density at radius 1 is 1.18 bits per heavy atom. The van der Waals surface area contributed by atoms with Crippen LogP contribution in [0, 0.1) is 5.82 Å². The lowest BCUT2D eigenvalue weighted by atomic mass is 10.1. The summed E-state index contributed by atoms with van der Waals surface area (Å²) in [6.07, 6.45) is 5.70. The van der Waals surface area contributed by atoms with Crippen LogP contribution >= 0.6 is 0 Å². The van der Waals surface area contributed by atoms with E-state index in [0.717, 1.165) is 24.0 Å². The van der Waals surface area contributed by atoms with Crippen LogP contribution < -0.4 is 5.32 Å². The molecule has 1 fully saturated rings. The third-order valence-electron chi connectivity index (χ3n) is 4.76. The quantitative estimate of drug-likeness (QED) is 0.712. The summed E-state index contributed by atoms with van der Waals surface area (Å²) >= 11 is 0. The van der Waals surface area contributed by atoms with Gasteiger partial charge in [0.15, 0.2) is 0 Å². The van der Waals surface area contributed by atoms with Crippen molar-refractivity contribution in [2.24, 2.45) is 0 Å². The van der Waals surface area contributed by atoms with E-state index in [1.54, 1.807) is 19.1 Å². The van der Waals surface area contributed by atoms with E-state index in [9.17, 15) is 14.0 Å². The molecule has 0 saturated heterocycles. The minimum Gasteiger partial charge on any atom is -0.341 e. The highest BCUT2D eigenvalue weighted by atomic mass is 19.1. The van der Waals surface area contributed by atoms with Gasteiger partial charge in [-0.1, -0.05) is 42.5 Å². The van der Waals surface area contributed by atoms with Crippen molar-refractivity contribution in [3.05, 3.63) is 77.6 Å². The number of carbonyl (C=O) groups is 2. The lowest BCUT2D eigenvalue weighted by molar-refractivity contribution is -0.135. The fourth-order valence-electron chi connectivity index (χ4n) is 3.11. The molecule has 1 aliphatic rings. The van der Waals surface area contributed by atoms with Crippen LogP contribution in [0.3, 0.4) is 0 Å². The molecule has 1 aliphatic carbocycles. The molecular formula is C23H25FN2O2. The fourth-order valence-corrected chi connectivity index (χ4v) is 3.11. The number of halogens is 1. The van der Waals surface area contributed by atoms with Crippen molar-refractivity contribution < 1.29 is 14.0 Å². The topological polar surface area (TPSA) is 49.4 Å². The monoisotopic (exact) mass is 380 g/mol. The molecule has 2 amide bonds. The van der Waals surface area contributed by atoms with Crippen LogP contribution in [0.1, 0.15) is 30.9 Å². The summed E-state index contributed by atoms with van der Waals surface area (Å²) in [5, 5.41) is 2.74. The van der Waals surface area contributed by atoms with Crippen LogP contribution in [0.25, 0.3) is 6.08 Å². The van der Waals surface area contributed by atoms with Crippen molar-refractivity contribution in [2.75, 3.05) is 6.54 Å². The van der Waals surface area contributed by atoms with Gasteiger partial charge in [-0.05, 0) is 55.5 Å². The summed E-state index contributed by atoms with van der Waals surface area (Å²) in [5.41, 5.74) is 1.78. The fraction of sp³-hybridized carbons (Fsp3) is 0.304. The van der Waals surface area contributed by atoms with E-state index >= 15 is 0 Å². The van der Waals surface area contributed by atoms with E-state index in [1.165, 1.54) is 18.2 Å². The second kappa shape index (κ2) is 9.31. The lowest BCUT2D eigenvalue weighted by Crippen LogP contribution is -2.48. The van der Waals surface area contributed by atoms with E-state index in [-0.39, 0.29) is 23.7 Å². The van der Waals surface area contributed by atoms with Gasteiger partial charge in [0.2, 0.25) is 11.8 Å². The number of hydrogen-bond donors (Lipinski definition) is 1. The van der Waals surface area contributed by atoms with E-state index in [2.05, 4.69) is 5.32 Å². The van der Waals surface area contributed by atoms with Gasteiger partial charge in [0.05, 0.1) is 0 Å². The molecule has 28 heavy (non-hydrogen) atoms. The molecule has 2 aromatic carbocycles. The minimum absolute atomic E-state index is 0.0969. The second-order valence-electron chi connectivity index (χ2n) is 7.12. The van der Waals surface area contributed by atoms with E-state index in [4.69, 9.17) is 0 Å². The Balaban J connectivity index is 1.55. The Kier molecular flexibility index (Phi) is 6.58. The molecule has 0 heterocycles. The SMILES string of the molecule is CC(NC(=O)/C=C/c1ccccc1)C(=O)N(CCc1cccc(F)c1)C1CC1. The molecule has 5 heteroatoms. The number of amides is 2. The number of carbonyl (C=O) groups excluding carboxylic acids is 2. The second-order valence-corrected chi connectivity index (χ2v) is 7.12. The molecular weight excluding hydrogens is 355 g/mol. The molecule has 0 radical (unpaired) electrons. The third-order valence-corrected chi connectivity index (χ3v) is 4.76. The Morgan fingerprint density at radius 3 is 2.61 bits per heavy atom. The van der Waals surface area contributed by atoms with E-state index in [1.807, 2.05) is 41.3 Å². The van der Waals surface area contributed by atoms with Gasteiger partial charge in [0.1, 0.15) is 11.9 Å². The van der Waals surface area contributed by atoms with Crippen molar-refractivity contribution in [3.63, 3.8) is 0 Å². The van der Waals surface area contributed by atoms with Gasteiger partial charge in [0.25, 0.3) is 0 Å². The molecule has 1 atom stereocenters. The molecule has 146 valence electrons. The summed E-state index contributed by atoms with van der Waals surface area (Å²) in [7, 11) is 0. The minimum atomic E-state index is -0.610. The Labute approximate surface area is 165 Å². The molecule has 1 unspecified atom stereocenters. The maximum Gasteiger partial charge on any atom is 0.245 e. The summed E-state index contributed by atoms with van der Waals surface area (Å²) in [5.74, 6) is -0.668. The van der Waals surface area contributed by atoms with Crippen molar-refractivity contribution in [2.45, 2.75) is 38.3 Å². The molecule has 2 aromatic rings. The molecule has 4 nitrogen and oxygen atoms in total. The summed E-state index contributed by atoms with van der Waals surface area (Å²) in [6.45, 7) is 2.22. The van der Waals surface area contributed by atoms with Crippen LogP contribution in [-0.2, 0) is 16.0 Å². The van der Waals surface area contributed by atoms with Crippen LogP contribution in [0.2, 0.25) is 0 Å². The maximum absolute atomic E-state index is 13.4. The largest absolute Gasteiger partial charge is 0.341 e. The Hall–Kier alpha value is -2.95. The molecule has 0 aliphatic heterocycles. The molecule has 0 bridgehead atoms. The zero-order valence-corrected chi connectivity index (χ0v) is 16.0. The van der Waals surface area contributed by atoms with Gasteiger partial charge in [-0.25, -0.2) is 4.39 Å². The van der Waals surface area contributed by atoms with Crippen LogP contribution in [0.5, 0.6) is 0 Å². The van der Waals surface area contributed by atoms with Crippen molar-refractivity contribution in [1.29, 1.82) is 0 Å². The Bertz CT molecular complexity index is 847. The highest BCUT2D eigenvalue weighted by molar-refractivity contribution is 5.95. The number of nitrogens with one attached hydrogen (secondary N) is 1. The molecule has 3 rings (SSSR count). The van der Waals surface area contributed by atoms with Gasteiger partial charge >= 0.3 is 0 Å². The van der Waals surface area contributed by atoms with Gasteiger partial charge in [0, 0.05) is 18.7 Å². The number of rotatable bonds is 8. The summed E-state index contributed by atoms with van der Waals surface area (Å²) < 4.78 is 13.4. The predicted molar refractivity (Wildman–Crippen MR) is 108 cm³/mol.